The van der Waals surface area contributed by atoms with Crippen molar-refractivity contribution in [3.8, 4) is 0 Å². The standard InChI is InChI=1S/C16H28O4/c1-14(2)16(18)20-13-11-9-7-5-4-6-8-10-12-15(17)19-3/h1,4-13H2,2-3H3. The van der Waals surface area contributed by atoms with E-state index in [9.17, 15) is 9.59 Å². The van der Waals surface area contributed by atoms with Crippen LogP contribution in [0.5, 0.6) is 0 Å². The fourth-order valence-electron chi connectivity index (χ4n) is 1.82. The first-order valence-corrected chi connectivity index (χ1v) is 7.47. The van der Waals surface area contributed by atoms with Crippen LogP contribution in [0.2, 0.25) is 0 Å². The summed E-state index contributed by atoms with van der Waals surface area (Å²) in [6, 6.07) is 0. The molecule has 0 rings (SSSR count). The Bertz CT molecular complexity index is 297. The molecule has 4 nitrogen and oxygen atoms in total. The number of rotatable bonds is 12. The Morgan fingerprint density at radius 2 is 1.40 bits per heavy atom. The lowest BCUT2D eigenvalue weighted by Gasteiger charge is -2.04. The zero-order valence-electron chi connectivity index (χ0n) is 12.9. The van der Waals surface area contributed by atoms with E-state index < -0.39 is 0 Å². The summed E-state index contributed by atoms with van der Waals surface area (Å²) in [7, 11) is 1.43. The Kier molecular flexibility index (Phi) is 11.9. The summed E-state index contributed by atoms with van der Waals surface area (Å²) in [6.07, 6.45) is 9.29. The van der Waals surface area contributed by atoms with Crippen LogP contribution in [0.25, 0.3) is 0 Å². The second kappa shape index (κ2) is 12.7. The molecule has 0 N–H and O–H groups in total. The molecule has 0 aliphatic heterocycles. The van der Waals surface area contributed by atoms with Crippen molar-refractivity contribution in [2.75, 3.05) is 13.7 Å². The number of unbranched alkanes of at least 4 members (excludes halogenated alkanes) is 7. The van der Waals surface area contributed by atoms with Gasteiger partial charge in [0, 0.05) is 12.0 Å². The van der Waals surface area contributed by atoms with E-state index in [2.05, 4.69) is 11.3 Å². The summed E-state index contributed by atoms with van der Waals surface area (Å²) in [5.74, 6) is -0.412. The van der Waals surface area contributed by atoms with E-state index >= 15 is 0 Å². The topological polar surface area (TPSA) is 52.6 Å². The van der Waals surface area contributed by atoms with E-state index in [0.717, 1.165) is 25.7 Å². The van der Waals surface area contributed by atoms with Crippen LogP contribution in [0.1, 0.15) is 64.7 Å². The molecule has 20 heavy (non-hydrogen) atoms. The third-order valence-corrected chi connectivity index (χ3v) is 3.08. The summed E-state index contributed by atoms with van der Waals surface area (Å²) in [5.41, 5.74) is 0.456. The van der Waals surface area contributed by atoms with Crippen LogP contribution in [0.3, 0.4) is 0 Å². The first kappa shape index (κ1) is 18.7. The molecule has 0 bridgehead atoms. The second-order valence-electron chi connectivity index (χ2n) is 5.07. The van der Waals surface area contributed by atoms with Gasteiger partial charge in [0.2, 0.25) is 0 Å². The van der Waals surface area contributed by atoms with Crippen LogP contribution in [-0.4, -0.2) is 25.7 Å². The number of hydrogen-bond donors (Lipinski definition) is 0. The van der Waals surface area contributed by atoms with Crippen molar-refractivity contribution in [1.29, 1.82) is 0 Å². The lowest BCUT2D eigenvalue weighted by atomic mass is 10.1. The minimum absolute atomic E-state index is 0.116. The van der Waals surface area contributed by atoms with Crippen LogP contribution in [0.15, 0.2) is 12.2 Å². The predicted molar refractivity (Wildman–Crippen MR) is 79.3 cm³/mol. The minimum atomic E-state index is -0.296. The van der Waals surface area contributed by atoms with Gasteiger partial charge in [0.15, 0.2) is 0 Å². The van der Waals surface area contributed by atoms with Gasteiger partial charge in [0.05, 0.1) is 13.7 Å². The maximum atomic E-state index is 11.1. The lowest BCUT2D eigenvalue weighted by molar-refractivity contribution is -0.141. The molecule has 116 valence electrons. The van der Waals surface area contributed by atoms with Gasteiger partial charge in [-0.1, -0.05) is 45.1 Å². The summed E-state index contributed by atoms with van der Waals surface area (Å²) in [4.78, 5) is 22.0. The van der Waals surface area contributed by atoms with Gasteiger partial charge in [-0.15, -0.1) is 0 Å². The van der Waals surface area contributed by atoms with Crippen LogP contribution < -0.4 is 0 Å². The summed E-state index contributed by atoms with van der Waals surface area (Å²) in [5, 5.41) is 0. The summed E-state index contributed by atoms with van der Waals surface area (Å²) < 4.78 is 9.60. The van der Waals surface area contributed by atoms with E-state index in [1.165, 1.54) is 32.8 Å². The first-order valence-electron chi connectivity index (χ1n) is 7.47. The van der Waals surface area contributed by atoms with Gasteiger partial charge in [-0.2, -0.15) is 0 Å². The van der Waals surface area contributed by atoms with Gasteiger partial charge in [-0.05, 0) is 19.8 Å². The quantitative estimate of drug-likeness (QED) is 0.311. The van der Waals surface area contributed by atoms with E-state index in [-0.39, 0.29) is 11.9 Å². The maximum Gasteiger partial charge on any atom is 0.333 e. The number of carbonyl (C=O) groups is 2. The third kappa shape index (κ3) is 11.8. The van der Waals surface area contributed by atoms with Gasteiger partial charge >= 0.3 is 11.9 Å². The van der Waals surface area contributed by atoms with Crippen molar-refractivity contribution in [3.05, 3.63) is 12.2 Å². The van der Waals surface area contributed by atoms with Gasteiger partial charge in [0.1, 0.15) is 0 Å². The van der Waals surface area contributed by atoms with Gasteiger partial charge in [-0.3, -0.25) is 4.79 Å². The van der Waals surface area contributed by atoms with Crippen LogP contribution in [0.4, 0.5) is 0 Å². The Hall–Kier alpha value is -1.32. The minimum Gasteiger partial charge on any atom is -0.469 e. The highest BCUT2D eigenvalue weighted by atomic mass is 16.5. The molecule has 0 unspecified atom stereocenters. The largest absolute Gasteiger partial charge is 0.469 e. The van der Waals surface area contributed by atoms with E-state index in [1.807, 2.05) is 0 Å². The Labute approximate surface area is 122 Å². The molecular formula is C16H28O4. The number of ether oxygens (including phenoxy) is 2. The molecule has 0 aliphatic carbocycles. The van der Waals surface area contributed by atoms with E-state index in [0.29, 0.717) is 18.6 Å². The van der Waals surface area contributed by atoms with Crippen molar-refractivity contribution in [2.24, 2.45) is 0 Å². The molecule has 0 fully saturated rings. The van der Waals surface area contributed by atoms with Crippen molar-refractivity contribution in [1.82, 2.24) is 0 Å². The average Bonchev–Trinajstić information content (AvgIpc) is 2.43. The lowest BCUT2D eigenvalue weighted by Crippen LogP contribution is -2.05. The summed E-state index contributed by atoms with van der Waals surface area (Å²) in [6.45, 7) is 5.68. The number of hydrogen-bond acceptors (Lipinski definition) is 4. The van der Waals surface area contributed by atoms with Crippen molar-refractivity contribution >= 4 is 11.9 Å². The monoisotopic (exact) mass is 284 g/mol. The highest BCUT2D eigenvalue weighted by molar-refractivity contribution is 5.86. The maximum absolute atomic E-state index is 11.1. The van der Waals surface area contributed by atoms with Gasteiger partial charge in [-0.25, -0.2) is 4.79 Å². The third-order valence-electron chi connectivity index (χ3n) is 3.08. The van der Waals surface area contributed by atoms with Crippen LogP contribution in [0, 0.1) is 0 Å². The van der Waals surface area contributed by atoms with Crippen LogP contribution >= 0.6 is 0 Å². The number of methoxy groups -OCH3 is 1. The molecule has 0 aromatic rings. The number of esters is 2. The smallest absolute Gasteiger partial charge is 0.333 e. The van der Waals surface area contributed by atoms with Crippen LogP contribution in [-0.2, 0) is 19.1 Å². The molecule has 4 heteroatoms. The molecule has 0 aromatic heterocycles. The number of carbonyl (C=O) groups excluding carboxylic acids is 2. The Balaban J connectivity index is 3.15. The highest BCUT2D eigenvalue weighted by Gasteiger charge is 2.02. The molecule has 0 aromatic carbocycles. The second-order valence-corrected chi connectivity index (χ2v) is 5.07. The first-order chi connectivity index (χ1) is 9.57. The zero-order chi connectivity index (χ0) is 15.2. The van der Waals surface area contributed by atoms with E-state index in [1.54, 1.807) is 6.92 Å². The van der Waals surface area contributed by atoms with Gasteiger partial charge < -0.3 is 9.47 Å². The Morgan fingerprint density at radius 3 is 1.90 bits per heavy atom. The summed E-state index contributed by atoms with van der Waals surface area (Å²) >= 11 is 0. The molecular weight excluding hydrogens is 256 g/mol. The fourth-order valence-corrected chi connectivity index (χ4v) is 1.82. The highest BCUT2D eigenvalue weighted by Crippen LogP contribution is 2.10. The van der Waals surface area contributed by atoms with Gasteiger partial charge in [0.25, 0.3) is 0 Å². The average molecular weight is 284 g/mol. The predicted octanol–water partition coefficient (Wildman–Crippen LogP) is 3.79. The van der Waals surface area contributed by atoms with Crippen molar-refractivity contribution in [2.45, 2.75) is 64.7 Å². The van der Waals surface area contributed by atoms with Crippen molar-refractivity contribution in [3.63, 3.8) is 0 Å². The molecule has 0 radical (unpaired) electrons. The molecule has 0 saturated heterocycles. The SMILES string of the molecule is C=C(C)C(=O)OCCCCCCCCCCC(=O)OC. The molecule has 0 heterocycles. The normalized spacial score (nSPS) is 10.1. The van der Waals surface area contributed by atoms with Crippen molar-refractivity contribution < 1.29 is 19.1 Å². The zero-order valence-corrected chi connectivity index (χ0v) is 12.9. The Morgan fingerprint density at radius 1 is 0.900 bits per heavy atom. The molecule has 0 saturated carbocycles. The molecule has 0 aliphatic rings. The molecule has 0 spiro atoms. The molecule has 0 amide bonds. The van der Waals surface area contributed by atoms with E-state index in [4.69, 9.17) is 4.74 Å². The molecule has 0 atom stereocenters. The fraction of sp³-hybridized carbons (Fsp3) is 0.750.